The van der Waals surface area contributed by atoms with E-state index in [9.17, 15) is 9.59 Å². The number of nitrogens with zero attached hydrogens (tertiary/aromatic N) is 2. The summed E-state index contributed by atoms with van der Waals surface area (Å²) in [4.78, 5) is 24.4. The van der Waals surface area contributed by atoms with Gasteiger partial charge in [0.25, 0.3) is 5.56 Å². The van der Waals surface area contributed by atoms with Gasteiger partial charge in [-0.3, -0.25) is 4.79 Å². The highest BCUT2D eigenvalue weighted by atomic mass is 16.2. The highest BCUT2D eigenvalue weighted by Crippen LogP contribution is 2.17. The molecule has 2 aromatic rings. The van der Waals surface area contributed by atoms with Crippen molar-refractivity contribution in [2.45, 2.75) is 27.7 Å². The van der Waals surface area contributed by atoms with Crippen LogP contribution in [0.25, 0.3) is 5.69 Å². The van der Waals surface area contributed by atoms with Crippen LogP contribution >= 0.6 is 0 Å². The summed E-state index contributed by atoms with van der Waals surface area (Å²) in [6, 6.07) is 5.37. The highest BCUT2D eigenvalue weighted by Gasteiger charge is 2.11. The molecular weight excluding hydrogens is 240 g/mol. The molecule has 0 fully saturated rings. The summed E-state index contributed by atoms with van der Waals surface area (Å²) in [6.45, 7) is 7.65. The van der Waals surface area contributed by atoms with Crippen LogP contribution in [0.15, 0.2) is 27.8 Å². The maximum absolute atomic E-state index is 12.3. The van der Waals surface area contributed by atoms with Gasteiger partial charge in [0, 0.05) is 18.8 Å². The molecule has 0 N–H and O–H groups in total. The molecule has 19 heavy (non-hydrogen) atoms. The van der Waals surface area contributed by atoms with E-state index in [4.69, 9.17) is 0 Å². The summed E-state index contributed by atoms with van der Waals surface area (Å²) in [7, 11) is 1.67. The van der Waals surface area contributed by atoms with Crippen LogP contribution in [0.3, 0.4) is 0 Å². The van der Waals surface area contributed by atoms with Crippen LogP contribution in [0, 0.1) is 27.7 Å². The van der Waals surface area contributed by atoms with Crippen molar-refractivity contribution in [3.05, 3.63) is 61.4 Å². The van der Waals surface area contributed by atoms with Crippen molar-refractivity contribution in [1.29, 1.82) is 0 Å². The van der Waals surface area contributed by atoms with Gasteiger partial charge in [0.05, 0.1) is 5.69 Å². The summed E-state index contributed by atoms with van der Waals surface area (Å²) in [5.74, 6) is 0. The molecule has 4 nitrogen and oxygen atoms in total. The normalized spacial score (nSPS) is 10.8. The molecule has 2 rings (SSSR count). The molecule has 0 saturated carbocycles. The molecule has 0 aliphatic carbocycles. The number of benzene rings is 1. The third-order valence-corrected chi connectivity index (χ3v) is 3.61. The fourth-order valence-corrected chi connectivity index (χ4v) is 2.14. The monoisotopic (exact) mass is 258 g/mol. The Kier molecular flexibility index (Phi) is 3.18. The first kappa shape index (κ1) is 13.3. The van der Waals surface area contributed by atoms with Crippen LogP contribution in [0.5, 0.6) is 0 Å². The van der Waals surface area contributed by atoms with Crippen molar-refractivity contribution in [3.8, 4) is 5.69 Å². The van der Waals surface area contributed by atoms with E-state index in [1.54, 1.807) is 14.0 Å². The van der Waals surface area contributed by atoms with Crippen LogP contribution in [0.1, 0.15) is 22.4 Å². The fourth-order valence-electron chi connectivity index (χ4n) is 2.14. The van der Waals surface area contributed by atoms with E-state index in [1.807, 2.05) is 32.9 Å². The second-order valence-electron chi connectivity index (χ2n) is 5.02. The van der Waals surface area contributed by atoms with Gasteiger partial charge in [-0.2, -0.15) is 0 Å². The first-order valence-corrected chi connectivity index (χ1v) is 6.21. The van der Waals surface area contributed by atoms with Gasteiger partial charge in [-0.15, -0.1) is 0 Å². The number of hydrogen-bond acceptors (Lipinski definition) is 2. The van der Waals surface area contributed by atoms with Gasteiger partial charge in [0.1, 0.15) is 0 Å². The molecule has 0 spiro atoms. The Morgan fingerprint density at radius 3 is 2.05 bits per heavy atom. The van der Waals surface area contributed by atoms with E-state index in [1.165, 1.54) is 15.2 Å². The third kappa shape index (κ3) is 2.14. The molecule has 1 aromatic carbocycles. The molecule has 0 saturated heterocycles. The molecule has 1 aromatic heterocycles. The van der Waals surface area contributed by atoms with E-state index in [0.29, 0.717) is 11.4 Å². The average Bonchev–Trinajstić information content (AvgIpc) is 2.33. The molecular formula is C15H18N2O2. The maximum Gasteiger partial charge on any atom is 0.335 e. The first-order chi connectivity index (χ1) is 8.82. The lowest BCUT2D eigenvalue weighted by Gasteiger charge is -2.13. The van der Waals surface area contributed by atoms with E-state index in [-0.39, 0.29) is 11.2 Å². The van der Waals surface area contributed by atoms with Gasteiger partial charge in [-0.05, 0) is 50.5 Å². The second kappa shape index (κ2) is 4.53. The van der Waals surface area contributed by atoms with Crippen LogP contribution in [-0.4, -0.2) is 9.13 Å². The largest absolute Gasteiger partial charge is 0.335 e. The Balaban J connectivity index is 2.88. The van der Waals surface area contributed by atoms with E-state index in [0.717, 1.165) is 16.7 Å². The Labute approximate surface area is 111 Å². The van der Waals surface area contributed by atoms with E-state index >= 15 is 0 Å². The van der Waals surface area contributed by atoms with Crippen molar-refractivity contribution in [2.24, 2.45) is 7.05 Å². The highest BCUT2D eigenvalue weighted by molar-refractivity contribution is 5.46. The lowest BCUT2D eigenvalue weighted by atomic mass is 10.0. The molecule has 0 aliphatic rings. The Morgan fingerprint density at radius 2 is 1.42 bits per heavy atom. The lowest BCUT2D eigenvalue weighted by Crippen LogP contribution is -2.38. The second-order valence-corrected chi connectivity index (χ2v) is 5.02. The van der Waals surface area contributed by atoms with Crippen LogP contribution in [0.2, 0.25) is 0 Å². The standard InChI is InChI=1S/C15H18N2O2/c1-9-6-11(3)13(7-10(9)2)17-14(18)8-12(4)16(5)15(17)19/h6-8H,1-5H3. The van der Waals surface area contributed by atoms with Gasteiger partial charge in [0.2, 0.25) is 0 Å². The average molecular weight is 258 g/mol. The molecule has 0 unspecified atom stereocenters. The van der Waals surface area contributed by atoms with Crippen LogP contribution in [0.4, 0.5) is 0 Å². The Bertz CT molecular complexity index is 767. The van der Waals surface area contributed by atoms with Gasteiger partial charge < -0.3 is 4.57 Å². The molecule has 4 heteroatoms. The smallest absolute Gasteiger partial charge is 0.301 e. The predicted octanol–water partition coefficient (Wildman–Crippen LogP) is 1.77. The topological polar surface area (TPSA) is 44.0 Å². The number of rotatable bonds is 1. The zero-order chi connectivity index (χ0) is 14.3. The van der Waals surface area contributed by atoms with Crippen molar-refractivity contribution in [1.82, 2.24) is 9.13 Å². The zero-order valence-electron chi connectivity index (χ0n) is 11.9. The first-order valence-electron chi connectivity index (χ1n) is 6.21. The summed E-state index contributed by atoms with van der Waals surface area (Å²) in [6.07, 6.45) is 0. The predicted molar refractivity (Wildman–Crippen MR) is 76.2 cm³/mol. The molecule has 1 heterocycles. The van der Waals surface area contributed by atoms with Gasteiger partial charge in [0.15, 0.2) is 0 Å². The number of aryl methyl sites for hydroxylation is 4. The Hall–Kier alpha value is -2.10. The lowest BCUT2D eigenvalue weighted by molar-refractivity contribution is 0.711. The zero-order valence-corrected chi connectivity index (χ0v) is 11.9. The molecule has 0 radical (unpaired) electrons. The van der Waals surface area contributed by atoms with Crippen molar-refractivity contribution in [3.63, 3.8) is 0 Å². The Morgan fingerprint density at radius 1 is 0.842 bits per heavy atom. The molecule has 100 valence electrons. The van der Waals surface area contributed by atoms with Crippen molar-refractivity contribution >= 4 is 0 Å². The minimum Gasteiger partial charge on any atom is -0.301 e. The summed E-state index contributed by atoms with van der Waals surface area (Å²) in [5.41, 5.74) is 3.87. The summed E-state index contributed by atoms with van der Waals surface area (Å²) >= 11 is 0. The van der Waals surface area contributed by atoms with E-state index in [2.05, 4.69) is 0 Å². The quantitative estimate of drug-likeness (QED) is 0.782. The molecule has 0 aliphatic heterocycles. The summed E-state index contributed by atoms with van der Waals surface area (Å²) in [5, 5.41) is 0. The number of aromatic nitrogens is 2. The summed E-state index contributed by atoms with van der Waals surface area (Å²) < 4.78 is 2.71. The van der Waals surface area contributed by atoms with Crippen molar-refractivity contribution < 1.29 is 0 Å². The SMILES string of the molecule is Cc1cc(C)c(-n2c(=O)cc(C)n(C)c2=O)cc1C. The third-order valence-electron chi connectivity index (χ3n) is 3.61. The molecule has 0 atom stereocenters. The molecule has 0 bridgehead atoms. The maximum atomic E-state index is 12.3. The van der Waals surface area contributed by atoms with Gasteiger partial charge in [-0.1, -0.05) is 6.07 Å². The minimum atomic E-state index is -0.309. The van der Waals surface area contributed by atoms with Gasteiger partial charge >= 0.3 is 5.69 Å². The van der Waals surface area contributed by atoms with E-state index < -0.39 is 0 Å². The number of hydrogen-bond donors (Lipinski definition) is 0. The van der Waals surface area contributed by atoms with Crippen LogP contribution in [-0.2, 0) is 7.05 Å². The van der Waals surface area contributed by atoms with Crippen molar-refractivity contribution in [2.75, 3.05) is 0 Å². The van der Waals surface area contributed by atoms with Gasteiger partial charge in [-0.25, -0.2) is 9.36 Å². The molecule has 0 amide bonds. The van der Waals surface area contributed by atoms with Crippen LogP contribution < -0.4 is 11.2 Å². The minimum absolute atomic E-state index is 0.285. The fraction of sp³-hybridized carbons (Fsp3) is 0.333.